The van der Waals surface area contributed by atoms with Crippen LogP contribution in [0, 0.1) is 19.7 Å². The first-order chi connectivity index (χ1) is 21.2. The molecule has 0 saturated carbocycles. The van der Waals surface area contributed by atoms with E-state index in [-0.39, 0.29) is 24.4 Å². The Bertz CT molecular complexity index is 1960. The number of carbonyl (C=O) groups excluding carboxylic acids is 3. The summed E-state index contributed by atoms with van der Waals surface area (Å²) in [5.74, 6) is -1.05. The highest BCUT2D eigenvalue weighted by molar-refractivity contribution is 6.08. The summed E-state index contributed by atoms with van der Waals surface area (Å²) < 4.78 is 17.2. The molecule has 3 heterocycles. The molecule has 1 atom stereocenters. The molecule has 5 aromatic rings. The molecule has 6 rings (SSSR count). The molecular formula is C34H29FN6O3. The van der Waals surface area contributed by atoms with E-state index in [4.69, 9.17) is 0 Å². The SMILES string of the molecule is CC(=O)c1cn(CC(=O)N2N=CCC2C(=O)Nc2cccc(-c3ccccc3C)c2F)c2ccc(-c3cnc(C)nc3)cc12. The number of fused-ring (bicyclic) bond motifs is 1. The van der Waals surface area contributed by atoms with Crippen molar-refractivity contribution in [1.82, 2.24) is 19.5 Å². The van der Waals surface area contributed by atoms with E-state index >= 15 is 4.39 Å². The van der Waals surface area contributed by atoms with Crippen LogP contribution in [-0.4, -0.2) is 49.4 Å². The third-order valence-electron chi connectivity index (χ3n) is 7.76. The number of benzene rings is 3. The van der Waals surface area contributed by atoms with Gasteiger partial charge >= 0.3 is 0 Å². The van der Waals surface area contributed by atoms with Crippen LogP contribution in [0.25, 0.3) is 33.2 Å². The molecule has 0 bridgehead atoms. The van der Waals surface area contributed by atoms with Crippen LogP contribution in [0.3, 0.4) is 0 Å². The zero-order valence-corrected chi connectivity index (χ0v) is 24.4. The molecule has 1 aliphatic rings. The number of nitrogens with zero attached hydrogens (tertiary/aromatic N) is 5. The van der Waals surface area contributed by atoms with Gasteiger partial charge in [0.25, 0.3) is 5.91 Å². The van der Waals surface area contributed by atoms with Gasteiger partial charge in [-0.3, -0.25) is 14.4 Å². The summed E-state index contributed by atoms with van der Waals surface area (Å²) in [4.78, 5) is 47.9. The van der Waals surface area contributed by atoms with E-state index < -0.39 is 23.7 Å². The number of aromatic nitrogens is 3. The molecule has 0 spiro atoms. The summed E-state index contributed by atoms with van der Waals surface area (Å²) in [6, 6.07) is 16.9. The van der Waals surface area contributed by atoms with Crippen molar-refractivity contribution in [2.24, 2.45) is 5.10 Å². The number of anilines is 1. The molecule has 44 heavy (non-hydrogen) atoms. The van der Waals surface area contributed by atoms with Crippen molar-refractivity contribution < 1.29 is 18.8 Å². The van der Waals surface area contributed by atoms with Crippen LogP contribution >= 0.6 is 0 Å². The molecule has 0 aliphatic carbocycles. The van der Waals surface area contributed by atoms with Gasteiger partial charge < -0.3 is 9.88 Å². The van der Waals surface area contributed by atoms with Gasteiger partial charge in [0.15, 0.2) is 11.6 Å². The average molecular weight is 589 g/mol. The van der Waals surface area contributed by atoms with Crippen LogP contribution in [0.2, 0.25) is 0 Å². The number of hydrogen-bond donors (Lipinski definition) is 1. The predicted octanol–water partition coefficient (Wildman–Crippen LogP) is 5.95. The van der Waals surface area contributed by atoms with Crippen LogP contribution in [0.5, 0.6) is 0 Å². The van der Waals surface area contributed by atoms with E-state index in [0.29, 0.717) is 27.9 Å². The third-order valence-corrected chi connectivity index (χ3v) is 7.76. The van der Waals surface area contributed by atoms with Gasteiger partial charge in [-0.1, -0.05) is 42.5 Å². The highest BCUT2D eigenvalue weighted by Gasteiger charge is 2.33. The molecule has 9 nitrogen and oxygen atoms in total. The number of halogens is 1. The predicted molar refractivity (Wildman–Crippen MR) is 167 cm³/mol. The standard InChI is InChI=1S/C34H29FN6O3/c1-20-7-4-5-8-25(20)26-9-6-10-29(33(26)35)39-34(44)31-13-14-38-41(31)32(43)19-40-18-28(21(2)42)27-15-23(11-12-30(27)40)24-16-36-22(3)37-17-24/h4-12,14-18,31H,13,19H2,1-3H3,(H,39,44). The van der Waals surface area contributed by atoms with Gasteiger partial charge in [-0.2, -0.15) is 5.10 Å². The van der Waals surface area contributed by atoms with E-state index in [9.17, 15) is 14.4 Å². The van der Waals surface area contributed by atoms with Crippen LogP contribution in [-0.2, 0) is 16.1 Å². The fourth-order valence-corrected chi connectivity index (χ4v) is 5.45. The first kappa shape index (κ1) is 28.6. The Hall–Kier alpha value is -5.51. The minimum absolute atomic E-state index is 0.0207. The lowest BCUT2D eigenvalue weighted by Crippen LogP contribution is -2.43. The van der Waals surface area contributed by atoms with Crippen LogP contribution in [0.15, 0.2) is 84.4 Å². The highest BCUT2D eigenvalue weighted by atomic mass is 19.1. The summed E-state index contributed by atoms with van der Waals surface area (Å²) in [6.07, 6.45) is 6.76. The number of nitrogens with one attached hydrogen (secondary N) is 1. The second-order valence-electron chi connectivity index (χ2n) is 10.7. The quantitative estimate of drug-likeness (QED) is 0.236. The van der Waals surface area contributed by atoms with Crippen LogP contribution in [0.4, 0.5) is 10.1 Å². The van der Waals surface area contributed by atoms with E-state index in [2.05, 4.69) is 20.4 Å². The number of aryl methyl sites for hydroxylation is 2. The molecule has 10 heteroatoms. The van der Waals surface area contributed by atoms with Crippen LogP contribution in [0.1, 0.15) is 35.1 Å². The Morgan fingerprint density at radius 2 is 1.70 bits per heavy atom. The summed E-state index contributed by atoms with van der Waals surface area (Å²) in [5.41, 5.74) is 4.81. The lowest BCUT2D eigenvalue weighted by Gasteiger charge is -2.22. The molecule has 2 amide bonds. The molecule has 0 saturated heterocycles. The lowest BCUT2D eigenvalue weighted by molar-refractivity contribution is -0.138. The maximum atomic E-state index is 15.5. The van der Waals surface area contributed by atoms with Crippen molar-refractivity contribution in [2.75, 3.05) is 5.32 Å². The first-order valence-corrected chi connectivity index (χ1v) is 14.1. The van der Waals surface area contributed by atoms with E-state index in [1.807, 2.05) is 49.4 Å². The van der Waals surface area contributed by atoms with E-state index in [0.717, 1.165) is 27.3 Å². The van der Waals surface area contributed by atoms with Crippen molar-refractivity contribution >= 4 is 40.4 Å². The molecule has 0 fully saturated rings. The van der Waals surface area contributed by atoms with Crippen molar-refractivity contribution in [3.8, 4) is 22.3 Å². The molecule has 1 N–H and O–H groups in total. The zero-order chi connectivity index (χ0) is 31.0. The van der Waals surface area contributed by atoms with Crippen molar-refractivity contribution in [3.05, 3.63) is 102 Å². The molecule has 1 aliphatic heterocycles. The minimum Gasteiger partial charge on any atom is -0.337 e. The summed E-state index contributed by atoms with van der Waals surface area (Å²) in [7, 11) is 0. The average Bonchev–Trinajstić information content (AvgIpc) is 3.65. The Morgan fingerprint density at radius 1 is 0.955 bits per heavy atom. The van der Waals surface area contributed by atoms with Gasteiger partial charge in [0.1, 0.15) is 18.4 Å². The third kappa shape index (κ3) is 5.37. The summed E-state index contributed by atoms with van der Waals surface area (Å²) in [5, 5.41) is 8.63. The van der Waals surface area contributed by atoms with Crippen molar-refractivity contribution in [1.29, 1.82) is 0 Å². The van der Waals surface area contributed by atoms with Crippen molar-refractivity contribution in [2.45, 2.75) is 39.8 Å². The van der Waals surface area contributed by atoms with Gasteiger partial charge in [0, 0.05) is 58.8 Å². The molecule has 2 aromatic heterocycles. The fraction of sp³-hybridized carbons (Fsp3) is 0.176. The number of hydrogen-bond acceptors (Lipinski definition) is 6. The lowest BCUT2D eigenvalue weighted by atomic mass is 9.99. The Balaban J connectivity index is 1.23. The molecule has 3 aromatic carbocycles. The zero-order valence-electron chi connectivity index (χ0n) is 24.4. The van der Waals surface area contributed by atoms with Gasteiger partial charge in [-0.05, 0) is 55.7 Å². The second-order valence-corrected chi connectivity index (χ2v) is 10.7. The van der Waals surface area contributed by atoms with E-state index in [1.165, 1.54) is 19.2 Å². The summed E-state index contributed by atoms with van der Waals surface area (Å²) >= 11 is 0. The maximum absolute atomic E-state index is 15.5. The van der Waals surface area contributed by atoms with Gasteiger partial charge in [-0.25, -0.2) is 19.4 Å². The minimum atomic E-state index is -0.953. The summed E-state index contributed by atoms with van der Waals surface area (Å²) in [6.45, 7) is 5.01. The largest absolute Gasteiger partial charge is 0.337 e. The topological polar surface area (TPSA) is 110 Å². The molecule has 220 valence electrons. The first-order valence-electron chi connectivity index (χ1n) is 14.1. The highest BCUT2D eigenvalue weighted by Crippen LogP contribution is 2.31. The molecular weight excluding hydrogens is 559 g/mol. The Labute approximate surface area is 253 Å². The van der Waals surface area contributed by atoms with Gasteiger partial charge in [0.2, 0.25) is 5.91 Å². The van der Waals surface area contributed by atoms with Gasteiger partial charge in [0.05, 0.1) is 5.69 Å². The smallest absolute Gasteiger partial charge is 0.263 e. The monoisotopic (exact) mass is 588 g/mol. The van der Waals surface area contributed by atoms with E-state index in [1.54, 1.807) is 42.2 Å². The van der Waals surface area contributed by atoms with Gasteiger partial charge in [-0.15, -0.1) is 0 Å². The van der Waals surface area contributed by atoms with Crippen LogP contribution < -0.4 is 5.32 Å². The normalized spacial score (nSPS) is 14.3. The number of ketones is 1. The molecule has 0 radical (unpaired) electrons. The Kier molecular flexibility index (Phi) is 7.57. The second kappa shape index (κ2) is 11.6. The molecule has 1 unspecified atom stereocenters. The number of rotatable bonds is 7. The maximum Gasteiger partial charge on any atom is 0.263 e. The number of hydrazone groups is 1. The number of amides is 2. The number of carbonyl (C=O) groups is 3. The number of Topliss-reactive ketones (excluding diaryl/α,β-unsaturated/α-hetero) is 1. The van der Waals surface area contributed by atoms with Crippen molar-refractivity contribution in [3.63, 3.8) is 0 Å². The fourth-order valence-electron chi connectivity index (χ4n) is 5.45. The Morgan fingerprint density at radius 3 is 2.45 bits per heavy atom.